The summed E-state index contributed by atoms with van der Waals surface area (Å²) in [6, 6.07) is 20.9. The first-order chi connectivity index (χ1) is 14.4. The molecule has 7 heteroatoms. The lowest BCUT2D eigenvalue weighted by atomic mass is 10.1. The molecule has 0 aliphatic rings. The average molecular weight is 466 g/mol. The van der Waals surface area contributed by atoms with Gasteiger partial charge in [-0.05, 0) is 54.1 Å². The maximum absolute atomic E-state index is 12.9. The third kappa shape index (κ3) is 3.89. The number of halogens is 1. The van der Waals surface area contributed by atoms with Crippen LogP contribution in [0.15, 0.2) is 76.0 Å². The Morgan fingerprint density at radius 1 is 1.03 bits per heavy atom. The van der Waals surface area contributed by atoms with Gasteiger partial charge in [-0.25, -0.2) is 4.68 Å². The van der Waals surface area contributed by atoms with Gasteiger partial charge in [-0.3, -0.25) is 14.3 Å². The zero-order valence-corrected chi connectivity index (χ0v) is 18.1. The molecule has 1 aromatic heterocycles. The third-order valence-corrected chi connectivity index (χ3v) is 5.46. The molecule has 0 aliphatic heterocycles. The average Bonchev–Trinajstić information content (AvgIpc) is 2.96. The molecule has 1 N–H and O–H groups in total. The first-order valence-corrected chi connectivity index (χ1v) is 10.2. The van der Waals surface area contributed by atoms with Gasteiger partial charge in [0.15, 0.2) is 6.61 Å². The Balaban J connectivity index is 1.50. The number of hydrogen-bond acceptors (Lipinski definition) is 3. The molecule has 30 heavy (non-hydrogen) atoms. The first kappa shape index (κ1) is 20.0. The minimum absolute atomic E-state index is 0.193. The second kappa shape index (κ2) is 8.20. The summed E-state index contributed by atoms with van der Waals surface area (Å²) in [7, 11) is 1.78. The molecule has 4 aromatic rings. The number of hydrogen-bond donors (Lipinski definition) is 1. The number of anilines is 1. The highest BCUT2D eigenvalue weighted by Gasteiger charge is 2.18. The predicted molar refractivity (Wildman–Crippen MR) is 122 cm³/mol. The molecule has 0 aliphatic carbocycles. The van der Waals surface area contributed by atoms with Crippen molar-refractivity contribution in [2.24, 2.45) is 7.05 Å². The van der Waals surface area contributed by atoms with E-state index in [0.29, 0.717) is 11.4 Å². The zero-order chi connectivity index (χ0) is 21.3. The highest BCUT2D eigenvalue weighted by molar-refractivity contribution is 9.10. The summed E-state index contributed by atoms with van der Waals surface area (Å²) in [4.78, 5) is 25.3. The quantitative estimate of drug-likeness (QED) is 0.474. The number of rotatable bonds is 5. The van der Waals surface area contributed by atoms with E-state index in [9.17, 15) is 9.59 Å². The van der Waals surface area contributed by atoms with Crippen molar-refractivity contribution in [1.29, 1.82) is 0 Å². The number of ether oxygens (including phenoxy) is 1. The standard InChI is InChI=1S/C23H20BrN3O3/c1-15-22(23(29)27(26(15)2)19-6-4-3-5-7-19)25-21(28)14-30-20-11-9-16-12-18(24)10-8-17(16)13-20/h3-13H,14H2,1-2H3,(H,25,28). The Bertz CT molecular complexity index is 1290. The summed E-state index contributed by atoms with van der Waals surface area (Å²) in [5, 5.41) is 4.79. The van der Waals surface area contributed by atoms with E-state index >= 15 is 0 Å². The summed E-state index contributed by atoms with van der Waals surface area (Å²) in [5.41, 5.74) is 1.35. The maximum atomic E-state index is 12.9. The van der Waals surface area contributed by atoms with E-state index in [1.54, 1.807) is 18.7 Å². The van der Waals surface area contributed by atoms with Crippen LogP contribution < -0.4 is 15.6 Å². The van der Waals surface area contributed by atoms with Crippen molar-refractivity contribution in [2.75, 3.05) is 11.9 Å². The molecule has 4 rings (SSSR count). The summed E-state index contributed by atoms with van der Waals surface area (Å²) in [6.45, 7) is 1.60. The van der Waals surface area contributed by atoms with Crippen molar-refractivity contribution in [1.82, 2.24) is 9.36 Å². The second-order valence-electron chi connectivity index (χ2n) is 6.93. The van der Waals surface area contributed by atoms with Gasteiger partial charge in [0.1, 0.15) is 11.4 Å². The molecule has 3 aromatic carbocycles. The number of amides is 1. The molecule has 0 saturated heterocycles. The molecule has 0 bridgehead atoms. The van der Waals surface area contributed by atoms with Crippen LogP contribution in [0.2, 0.25) is 0 Å². The summed E-state index contributed by atoms with van der Waals surface area (Å²) in [6.07, 6.45) is 0. The Morgan fingerprint density at radius 2 is 1.73 bits per heavy atom. The Morgan fingerprint density at radius 3 is 2.50 bits per heavy atom. The van der Waals surface area contributed by atoms with Gasteiger partial charge in [0.25, 0.3) is 11.5 Å². The van der Waals surface area contributed by atoms with Crippen LogP contribution in [0.3, 0.4) is 0 Å². The van der Waals surface area contributed by atoms with Gasteiger partial charge < -0.3 is 10.1 Å². The van der Waals surface area contributed by atoms with Gasteiger partial charge in [-0.15, -0.1) is 0 Å². The summed E-state index contributed by atoms with van der Waals surface area (Å²) in [5.74, 6) is 0.198. The van der Waals surface area contributed by atoms with E-state index in [1.807, 2.05) is 66.7 Å². The maximum Gasteiger partial charge on any atom is 0.295 e. The molecular formula is C23H20BrN3O3. The van der Waals surface area contributed by atoms with E-state index in [1.165, 1.54) is 4.68 Å². The largest absolute Gasteiger partial charge is 0.484 e. The van der Waals surface area contributed by atoms with Crippen molar-refractivity contribution >= 4 is 38.3 Å². The minimum atomic E-state index is -0.392. The van der Waals surface area contributed by atoms with Crippen LogP contribution in [-0.2, 0) is 11.8 Å². The van der Waals surface area contributed by atoms with Gasteiger partial charge in [0.2, 0.25) is 0 Å². The van der Waals surface area contributed by atoms with Crippen molar-refractivity contribution < 1.29 is 9.53 Å². The Kier molecular flexibility index (Phi) is 5.46. The van der Waals surface area contributed by atoms with E-state index in [2.05, 4.69) is 21.2 Å². The molecule has 0 saturated carbocycles. The van der Waals surface area contributed by atoms with Gasteiger partial charge in [-0.1, -0.05) is 46.3 Å². The molecule has 1 amide bonds. The number of carbonyl (C=O) groups excluding carboxylic acids is 1. The van der Waals surface area contributed by atoms with Crippen molar-refractivity contribution in [3.05, 3.63) is 87.3 Å². The molecule has 0 fully saturated rings. The number of para-hydroxylation sites is 1. The van der Waals surface area contributed by atoms with Crippen molar-refractivity contribution in [3.63, 3.8) is 0 Å². The smallest absolute Gasteiger partial charge is 0.295 e. The van der Waals surface area contributed by atoms with Crippen LogP contribution in [0, 0.1) is 6.92 Å². The molecule has 0 spiro atoms. The highest BCUT2D eigenvalue weighted by atomic mass is 79.9. The fourth-order valence-electron chi connectivity index (χ4n) is 3.32. The number of fused-ring (bicyclic) bond motifs is 1. The van der Waals surface area contributed by atoms with E-state index in [4.69, 9.17) is 4.74 Å². The van der Waals surface area contributed by atoms with E-state index < -0.39 is 5.91 Å². The first-order valence-electron chi connectivity index (χ1n) is 9.40. The van der Waals surface area contributed by atoms with Crippen LogP contribution in [-0.4, -0.2) is 21.9 Å². The molecule has 1 heterocycles. The fourth-order valence-corrected chi connectivity index (χ4v) is 3.70. The lowest BCUT2D eigenvalue weighted by Gasteiger charge is -2.08. The molecule has 0 radical (unpaired) electrons. The Hall–Kier alpha value is -3.32. The number of benzene rings is 3. The number of nitrogens with zero attached hydrogens (tertiary/aromatic N) is 2. The second-order valence-corrected chi connectivity index (χ2v) is 7.84. The lowest BCUT2D eigenvalue weighted by molar-refractivity contribution is -0.118. The van der Waals surface area contributed by atoms with Crippen LogP contribution in [0.25, 0.3) is 16.5 Å². The lowest BCUT2D eigenvalue weighted by Crippen LogP contribution is -2.25. The normalized spacial score (nSPS) is 10.9. The SMILES string of the molecule is Cc1c(NC(=O)COc2ccc3cc(Br)ccc3c2)c(=O)n(-c2ccccc2)n1C. The molecule has 6 nitrogen and oxygen atoms in total. The van der Waals surface area contributed by atoms with Gasteiger partial charge >= 0.3 is 0 Å². The monoisotopic (exact) mass is 465 g/mol. The summed E-state index contributed by atoms with van der Waals surface area (Å²) >= 11 is 3.45. The number of aromatic nitrogens is 2. The number of nitrogens with one attached hydrogen (secondary N) is 1. The van der Waals surface area contributed by atoms with Gasteiger partial charge in [0.05, 0.1) is 11.4 Å². The highest BCUT2D eigenvalue weighted by Crippen LogP contribution is 2.24. The van der Waals surface area contributed by atoms with Gasteiger partial charge in [-0.2, -0.15) is 0 Å². The Labute approximate surface area is 181 Å². The van der Waals surface area contributed by atoms with Crippen LogP contribution in [0.1, 0.15) is 5.69 Å². The van der Waals surface area contributed by atoms with Crippen LogP contribution in [0.4, 0.5) is 5.69 Å². The van der Waals surface area contributed by atoms with Crippen molar-refractivity contribution in [3.8, 4) is 11.4 Å². The topological polar surface area (TPSA) is 65.3 Å². The van der Waals surface area contributed by atoms with Crippen LogP contribution in [0.5, 0.6) is 5.75 Å². The minimum Gasteiger partial charge on any atom is -0.484 e. The molecular weight excluding hydrogens is 446 g/mol. The van der Waals surface area contributed by atoms with Gasteiger partial charge in [0, 0.05) is 11.5 Å². The number of carbonyl (C=O) groups is 1. The third-order valence-electron chi connectivity index (χ3n) is 4.96. The van der Waals surface area contributed by atoms with Crippen LogP contribution >= 0.6 is 15.9 Å². The zero-order valence-electron chi connectivity index (χ0n) is 16.6. The summed E-state index contributed by atoms with van der Waals surface area (Å²) < 4.78 is 9.88. The van der Waals surface area contributed by atoms with Crippen molar-refractivity contribution in [2.45, 2.75) is 6.92 Å². The van der Waals surface area contributed by atoms with E-state index in [0.717, 1.165) is 20.9 Å². The molecule has 0 atom stereocenters. The fraction of sp³-hybridized carbons (Fsp3) is 0.130. The molecule has 0 unspecified atom stereocenters. The predicted octanol–water partition coefficient (Wildman–Crippen LogP) is 4.42. The molecule has 152 valence electrons. The van der Waals surface area contributed by atoms with E-state index in [-0.39, 0.29) is 17.9 Å².